The molecule has 26 heavy (non-hydrogen) atoms. The summed E-state index contributed by atoms with van der Waals surface area (Å²) in [7, 11) is 1.82. The number of hydrogen-bond acceptors (Lipinski definition) is 3. The molecule has 1 aromatic carbocycles. The molecule has 0 amide bonds. The zero-order valence-electron chi connectivity index (χ0n) is 16.7. The lowest BCUT2D eigenvalue weighted by Gasteiger charge is -2.54. The van der Waals surface area contributed by atoms with E-state index >= 15 is 0 Å². The average Bonchev–Trinajstić information content (AvgIpc) is 3.08. The monoisotopic (exact) mass is 359 g/mol. The summed E-state index contributed by atoms with van der Waals surface area (Å²) in [6, 6.07) is 8.66. The number of nitrogens with zero attached hydrogens (tertiary/aromatic N) is 1. The van der Waals surface area contributed by atoms with E-state index in [1.807, 2.05) is 19.2 Å². The Balaban J connectivity index is 1.47. The lowest BCUT2D eigenvalue weighted by molar-refractivity contribution is -0.106. The van der Waals surface area contributed by atoms with Crippen molar-refractivity contribution in [3.63, 3.8) is 0 Å². The van der Waals surface area contributed by atoms with E-state index in [2.05, 4.69) is 55.5 Å². The van der Waals surface area contributed by atoms with Gasteiger partial charge in [0.25, 0.3) is 0 Å². The number of fused-ring (bicyclic) bond motifs is 1. The van der Waals surface area contributed by atoms with Crippen LogP contribution in [-0.4, -0.2) is 44.9 Å². The van der Waals surface area contributed by atoms with Crippen LogP contribution in [0.5, 0.6) is 5.75 Å². The van der Waals surface area contributed by atoms with Crippen LogP contribution in [0.1, 0.15) is 45.6 Å². The highest BCUT2D eigenvalue weighted by atomic mass is 16.5. The zero-order chi connectivity index (χ0) is 18.7. The Kier molecular flexibility index (Phi) is 5.76. The Morgan fingerprint density at radius 1 is 1.35 bits per heavy atom. The number of nitrogens with one attached hydrogen (secondary N) is 2. The maximum Gasteiger partial charge on any atom is 0.191 e. The zero-order valence-corrected chi connectivity index (χ0v) is 16.7. The molecule has 3 rings (SSSR count). The number of hydrogen-bond donors (Lipinski definition) is 2. The maximum atomic E-state index is 5.98. The molecule has 0 radical (unpaired) electrons. The van der Waals surface area contributed by atoms with Crippen molar-refractivity contribution in [3.05, 3.63) is 29.8 Å². The Hall–Kier alpha value is -1.75. The van der Waals surface area contributed by atoms with E-state index < -0.39 is 0 Å². The molecule has 0 aromatic heterocycles. The number of ether oxygens (including phenoxy) is 2. The molecule has 1 aromatic rings. The molecular formula is C21H33N3O2. The molecule has 3 unspecified atom stereocenters. The third kappa shape index (κ3) is 3.68. The average molecular weight is 360 g/mol. The van der Waals surface area contributed by atoms with Crippen LogP contribution in [0, 0.1) is 11.3 Å². The molecule has 0 spiro atoms. The normalized spacial score (nSPS) is 27.0. The number of para-hydroxylation sites is 1. The van der Waals surface area contributed by atoms with Gasteiger partial charge in [0.15, 0.2) is 5.96 Å². The van der Waals surface area contributed by atoms with Gasteiger partial charge in [-0.15, -0.1) is 0 Å². The van der Waals surface area contributed by atoms with Crippen LogP contribution >= 0.6 is 0 Å². The summed E-state index contributed by atoms with van der Waals surface area (Å²) >= 11 is 0. The van der Waals surface area contributed by atoms with E-state index in [0.717, 1.165) is 24.7 Å². The Morgan fingerprint density at radius 3 is 2.85 bits per heavy atom. The van der Waals surface area contributed by atoms with E-state index in [0.29, 0.717) is 37.1 Å². The first kappa shape index (κ1) is 19.0. The second-order valence-electron chi connectivity index (χ2n) is 8.23. The lowest BCUT2D eigenvalue weighted by Crippen LogP contribution is -2.68. The fourth-order valence-corrected chi connectivity index (χ4v) is 4.38. The van der Waals surface area contributed by atoms with Gasteiger partial charge in [-0.3, -0.25) is 4.99 Å². The summed E-state index contributed by atoms with van der Waals surface area (Å²) in [6.45, 7) is 11.1. The van der Waals surface area contributed by atoms with Gasteiger partial charge in [0.05, 0.1) is 12.6 Å². The SMILES string of the molecule is CN=C(NCCOc1ccccc1C(C)C)NC1C2CCOC2C1(C)C. The third-order valence-electron chi connectivity index (χ3n) is 5.81. The molecular weight excluding hydrogens is 326 g/mol. The van der Waals surface area contributed by atoms with Crippen molar-refractivity contribution in [1.29, 1.82) is 0 Å². The number of guanidine groups is 1. The molecule has 2 N–H and O–H groups in total. The van der Waals surface area contributed by atoms with Crippen molar-refractivity contribution in [1.82, 2.24) is 10.6 Å². The van der Waals surface area contributed by atoms with Gasteiger partial charge in [-0.1, -0.05) is 45.9 Å². The number of rotatable bonds is 6. The quantitative estimate of drug-likeness (QED) is 0.465. The van der Waals surface area contributed by atoms with Crippen LogP contribution in [0.25, 0.3) is 0 Å². The van der Waals surface area contributed by atoms with E-state index in [4.69, 9.17) is 9.47 Å². The van der Waals surface area contributed by atoms with Gasteiger partial charge in [-0.25, -0.2) is 0 Å². The van der Waals surface area contributed by atoms with Gasteiger partial charge in [-0.2, -0.15) is 0 Å². The molecule has 5 nitrogen and oxygen atoms in total. The Bertz CT molecular complexity index is 642. The molecule has 3 atom stereocenters. The highest BCUT2D eigenvalue weighted by Crippen LogP contribution is 2.52. The first-order valence-corrected chi connectivity index (χ1v) is 9.75. The Labute approximate surface area is 157 Å². The summed E-state index contributed by atoms with van der Waals surface area (Å²) in [5, 5.41) is 6.97. The molecule has 1 aliphatic heterocycles. The molecule has 1 aliphatic carbocycles. The van der Waals surface area contributed by atoms with Crippen molar-refractivity contribution < 1.29 is 9.47 Å². The predicted molar refractivity (Wildman–Crippen MR) is 106 cm³/mol. The summed E-state index contributed by atoms with van der Waals surface area (Å²) < 4.78 is 11.9. The van der Waals surface area contributed by atoms with Gasteiger partial charge in [0, 0.05) is 31.0 Å². The first-order chi connectivity index (χ1) is 12.4. The standard InChI is InChI=1S/C21H33N3O2/c1-14(2)15-8-6-7-9-17(15)25-13-11-23-20(22-5)24-18-16-10-12-26-19(16)21(18,3)4/h6-9,14,16,18-19H,10-13H2,1-5H3,(H2,22,23,24). The second-order valence-corrected chi connectivity index (χ2v) is 8.23. The van der Waals surface area contributed by atoms with Gasteiger partial charge >= 0.3 is 0 Å². The van der Waals surface area contributed by atoms with E-state index in [1.54, 1.807) is 0 Å². The molecule has 5 heteroatoms. The van der Waals surface area contributed by atoms with Crippen molar-refractivity contribution in [3.8, 4) is 5.75 Å². The summed E-state index contributed by atoms with van der Waals surface area (Å²) in [5.74, 6) is 2.86. The molecule has 1 saturated heterocycles. The van der Waals surface area contributed by atoms with Gasteiger partial charge in [-0.05, 0) is 24.0 Å². The smallest absolute Gasteiger partial charge is 0.191 e. The van der Waals surface area contributed by atoms with Crippen molar-refractivity contribution in [2.45, 2.75) is 52.2 Å². The van der Waals surface area contributed by atoms with E-state index in [1.165, 1.54) is 5.56 Å². The first-order valence-electron chi connectivity index (χ1n) is 9.75. The molecule has 1 heterocycles. The van der Waals surface area contributed by atoms with Crippen LogP contribution in [0.2, 0.25) is 0 Å². The Morgan fingerprint density at radius 2 is 2.12 bits per heavy atom. The van der Waals surface area contributed by atoms with Crippen LogP contribution in [0.3, 0.4) is 0 Å². The number of benzene rings is 1. The number of aliphatic imine (C=N–C) groups is 1. The summed E-state index contributed by atoms with van der Waals surface area (Å²) in [5.41, 5.74) is 1.39. The van der Waals surface area contributed by atoms with Gasteiger partial charge in [0.2, 0.25) is 0 Å². The van der Waals surface area contributed by atoms with Crippen molar-refractivity contribution >= 4 is 5.96 Å². The topological polar surface area (TPSA) is 54.9 Å². The minimum Gasteiger partial charge on any atom is -0.491 e. The summed E-state index contributed by atoms with van der Waals surface area (Å²) in [6.07, 6.45) is 1.52. The van der Waals surface area contributed by atoms with E-state index in [9.17, 15) is 0 Å². The highest BCUT2D eigenvalue weighted by molar-refractivity contribution is 5.80. The lowest BCUT2D eigenvalue weighted by atomic mass is 9.57. The molecule has 2 fully saturated rings. The molecule has 144 valence electrons. The van der Waals surface area contributed by atoms with Crippen molar-refractivity contribution in [2.75, 3.05) is 26.8 Å². The minimum atomic E-state index is 0.144. The molecule has 1 saturated carbocycles. The highest BCUT2D eigenvalue weighted by Gasteiger charge is 2.59. The largest absolute Gasteiger partial charge is 0.491 e. The maximum absolute atomic E-state index is 5.98. The minimum absolute atomic E-state index is 0.144. The second kappa shape index (κ2) is 7.87. The fourth-order valence-electron chi connectivity index (χ4n) is 4.38. The van der Waals surface area contributed by atoms with Crippen LogP contribution in [0.15, 0.2) is 29.3 Å². The molecule has 2 aliphatic rings. The van der Waals surface area contributed by atoms with Gasteiger partial charge < -0.3 is 20.1 Å². The third-order valence-corrected chi connectivity index (χ3v) is 5.81. The summed E-state index contributed by atoms with van der Waals surface area (Å²) in [4.78, 5) is 4.38. The van der Waals surface area contributed by atoms with Crippen LogP contribution in [-0.2, 0) is 4.74 Å². The fraction of sp³-hybridized carbons (Fsp3) is 0.667. The van der Waals surface area contributed by atoms with Crippen LogP contribution < -0.4 is 15.4 Å². The van der Waals surface area contributed by atoms with E-state index in [-0.39, 0.29) is 5.41 Å². The predicted octanol–water partition coefficient (Wildman–Crippen LogP) is 3.17. The van der Waals surface area contributed by atoms with Crippen LogP contribution in [0.4, 0.5) is 0 Å². The van der Waals surface area contributed by atoms with Crippen molar-refractivity contribution in [2.24, 2.45) is 16.3 Å². The molecule has 0 bridgehead atoms. The van der Waals surface area contributed by atoms with Gasteiger partial charge in [0.1, 0.15) is 12.4 Å².